The molecular weight excluding hydrogens is 966 g/mol. The van der Waals surface area contributed by atoms with Crippen molar-refractivity contribution < 1.29 is 49.1 Å². The number of pyridine rings is 2. The number of para-hydroxylation sites is 3. The number of hydrogen-bond donors (Lipinski definition) is 0. The molecule has 0 atom stereocenters. The molecule has 0 saturated heterocycles. The van der Waals surface area contributed by atoms with Crippen LogP contribution in [0, 0.1) is 25.8 Å². The first-order chi connectivity index (χ1) is 37.3. The summed E-state index contributed by atoms with van der Waals surface area (Å²) in [5, 5.41) is 0.799. The Balaban J connectivity index is 0.00000792. The quantitative estimate of drug-likeness (QED) is 0.118. The Morgan fingerprint density at radius 3 is 1.95 bits per heavy atom. The summed E-state index contributed by atoms with van der Waals surface area (Å²) in [6, 6.07) is 21.6. The number of aromatic nitrogens is 3. The van der Waals surface area contributed by atoms with Crippen molar-refractivity contribution in [3.63, 3.8) is 0 Å². The molecule has 0 bridgehead atoms. The van der Waals surface area contributed by atoms with Crippen LogP contribution in [0.15, 0.2) is 152 Å². The number of nitrogens with zero attached hydrogens (tertiary/aromatic N) is 5. The van der Waals surface area contributed by atoms with Crippen molar-refractivity contribution in [2.24, 2.45) is 0 Å². The van der Waals surface area contributed by atoms with Crippen molar-refractivity contribution in [2.75, 3.05) is 0 Å². The van der Waals surface area contributed by atoms with Crippen LogP contribution >= 0.6 is 0 Å². The normalized spacial score (nSPS) is 16.7. The van der Waals surface area contributed by atoms with Gasteiger partial charge < -0.3 is 9.30 Å². The Hall–Kier alpha value is -6.71. The van der Waals surface area contributed by atoms with Crippen LogP contribution in [0.4, 0.5) is 22.7 Å². The Morgan fingerprint density at radius 2 is 1.31 bits per heavy atom. The third-order valence-electron chi connectivity index (χ3n) is 10.8. The van der Waals surface area contributed by atoms with Gasteiger partial charge in [0.05, 0.1) is 31.7 Å². The summed E-state index contributed by atoms with van der Waals surface area (Å²) >= 11 is 0. The minimum Gasteiger partial charge on any atom is -0.509 e. The molecule has 6 aromatic carbocycles. The van der Waals surface area contributed by atoms with Gasteiger partial charge in [-0.3, -0.25) is 4.98 Å². The minimum atomic E-state index is -3.14. The van der Waals surface area contributed by atoms with E-state index in [0.29, 0.717) is 28.5 Å². The van der Waals surface area contributed by atoms with E-state index in [1.54, 1.807) is 47.3 Å². The van der Waals surface area contributed by atoms with Crippen LogP contribution in [0.5, 0.6) is 11.5 Å². The summed E-state index contributed by atoms with van der Waals surface area (Å²) < 4.78 is 161. The fourth-order valence-corrected chi connectivity index (χ4v) is 7.56. The number of hydrogen-bond acceptors (Lipinski definition) is 3. The Bertz CT molecular complexity index is 4060. The average Bonchev–Trinajstić information content (AvgIpc) is 3.97. The molecule has 1 aliphatic rings. The first kappa shape index (κ1) is 26.8. The van der Waals surface area contributed by atoms with E-state index in [0.717, 1.165) is 27.5 Å². The topological polar surface area (TPSA) is 46.0 Å². The van der Waals surface area contributed by atoms with Gasteiger partial charge in [0.25, 0.3) is 11.4 Å². The average molecular weight is 1030 g/mol. The molecule has 0 aliphatic carbocycles. The van der Waals surface area contributed by atoms with E-state index < -0.39 is 125 Å². The third kappa shape index (κ3) is 7.83. The zero-order valence-corrected chi connectivity index (χ0v) is 37.8. The number of rotatable bonds is 7. The maximum Gasteiger partial charge on any atom is 2.00 e. The molecule has 0 spiro atoms. The smallest absolute Gasteiger partial charge is 0.509 e. The van der Waals surface area contributed by atoms with Gasteiger partial charge in [0.2, 0.25) is 5.69 Å². The van der Waals surface area contributed by atoms with E-state index in [4.69, 9.17) is 28.4 Å². The van der Waals surface area contributed by atoms with Gasteiger partial charge in [-0.2, -0.15) is 6.07 Å². The van der Waals surface area contributed by atoms with Gasteiger partial charge in [-0.1, -0.05) is 147 Å². The third-order valence-corrected chi connectivity index (χ3v) is 10.8. The molecule has 0 fully saturated rings. The van der Waals surface area contributed by atoms with Crippen LogP contribution < -0.4 is 13.9 Å². The molecule has 4 heterocycles. The van der Waals surface area contributed by atoms with Gasteiger partial charge in [-0.05, 0) is 82.1 Å². The maximum absolute atomic E-state index is 9.51. The van der Waals surface area contributed by atoms with E-state index in [2.05, 4.69) is 38.9 Å². The van der Waals surface area contributed by atoms with E-state index in [-0.39, 0.29) is 37.9 Å². The van der Waals surface area contributed by atoms with E-state index in [9.17, 15) is 9.60 Å². The van der Waals surface area contributed by atoms with E-state index in [1.165, 1.54) is 4.58 Å². The molecule has 0 saturated carbocycles. The van der Waals surface area contributed by atoms with E-state index >= 15 is 0 Å². The van der Waals surface area contributed by atoms with Crippen molar-refractivity contribution in [1.29, 1.82) is 0 Å². The molecule has 316 valence electrons. The molecular formula is C57H49N5OPt+2. The van der Waals surface area contributed by atoms with Gasteiger partial charge in [0, 0.05) is 49.8 Å². The SMILES string of the molecule is [2H]c1c([2H])c(-c2c([2H])c([2H])c(C([2H])([2H])[2H])c([2H])c2[2H])c([N+]2=C=[N+](c3[c-]c(Oc4[c-]c5c(cc4)c4ncccc4n5-c4cc(C(C)(C)C)ccn4)cc(C(C)(C)C)c3)c3ccccc32)c(-c2c([2H])c([2H])c(C([2H])([2H])[2H])c([2H])c2[2H])c1[2H].[Pt+2]. The van der Waals surface area contributed by atoms with E-state index in [1.807, 2.05) is 67.8 Å². The van der Waals surface area contributed by atoms with Crippen LogP contribution in [0.1, 0.15) is 87.1 Å². The van der Waals surface area contributed by atoms with Gasteiger partial charge in [-0.15, -0.1) is 23.8 Å². The number of benzene rings is 6. The summed E-state index contributed by atoms with van der Waals surface area (Å²) in [6.45, 7) is 6.07. The maximum atomic E-state index is 9.51. The second kappa shape index (κ2) is 16.4. The Labute approximate surface area is 414 Å². The van der Waals surface area contributed by atoms with Crippen LogP contribution in [-0.4, -0.2) is 20.5 Å². The van der Waals surface area contributed by atoms with Crippen molar-refractivity contribution in [2.45, 2.75) is 66.1 Å². The standard InChI is InChI=1S/C57H49N5O.Pt/c1-37-18-22-39(23-19-37)46-13-11-14-47(40-24-20-38(2)21-25-40)55(46)61-36-60(49-15-9-10-16-50(49)61)43-31-42(57(6,7)8)32-45(34-43)63-44-26-27-48-52(35-44)62(51-17-12-29-59-54(48)51)53-33-41(28-30-58-53)56(3,4)5;/h9-33H,1-8H3;/q;+2/i1D3,2D3,11D,13D,14D,18D,19D,20D,21D,22D,23D,24D,25D;. The van der Waals surface area contributed by atoms with Crippen molar-refractivity contribution in [1.82, 2.24) is 23.7 Å². The predicted octanol–water partition coefficient (Wildman–Crippen LogP) is 14.4. The Kier molecular flexibility index (Phi) is 6.89. The van der Waals surface area contributed by atoms with Crippen molar-refractivity contribution in [3.05, 3.63) is 186 Å². The fraction of sp³-hybridized carbons (Fsp3) is 0.175. The molecule has 0 amide bonds. The van der Waals surface area contributed by atoms with Crippen LogP contribution in [0.3, 0.4) is 0 Å². The zero-order chi connectivity index (χ0) is 58.2. The molecule has 64 heavy (non-hydrogen) atoms. The summed E-state index contributed by atoms with van der Waals surface area (Å²) in [5.74, 6) is 1.19. The first-order valence-electron chi connectivity index (χ1n) is 28.7. The first-order valence-corrected chi connectivity index (χ1v) is 20.2. The molecule has 0 unspecified atom stereocenters. The number of fused-ring (bicyclic) bond motifs is 4. The summed E-state index contributed by atoms with van der Waals surface area (Å²) in [6.07, 6.45) is 3.49. The molecule has 3 aromatic heterocycles. The minimum absolute atomic E-state index is 0. The second-order valence-electron chi connectivity index (χ2n) is 17.1. The van der Waals surface area contributed by atoms with Gasteiger partial charge in [-0.25, -0.2) is 4.98 Å². The molecule has 9 aromatic rings. The zero-order valence-electron chi connectivity index (χ0n) is 52.5. The molecule has 6 nitrogen and oxygen atoms in total. The predicted molar refractivity (Wildman–Crippen MR) is 259 cm³/mol. The second-order valence-corrected chi connectivity index (χ2v) is 17.1. The van der Waals surface area contributed by atoms with Gasteiger partial charge in [0.1, 0.15) is 11.5 Å². The monoisotopic (exact) mass is 1030 g/mol. The summed E-state index contributed by atoms with van der Waals surface area (Å²) in [7, 11) is 0. The molecule has 10 rings (SSSR count). The summed E-state index contributed by atoms with van der Waals surface area (Å²) in [4.78, 5) is 9.50. The summed E-state index contributed by atoms with van der Waals surface area (Å²) in [5.41, 5.74) is -0.709. The fourth-order valence-electron chi connectivity index (χ4n) is 7.56. The van der Waals surface area contributed by atoms with Crippen LogP contribution in [0.2, 0.25) is 0 Å². The van der Waals surface area contributed by atoms with Crippen molar-refractivity contribution >= 4 is 50.7 Å². The van der Waals surface area contributed by atoms with Crippen LogP contribution in [-0.2, 0) is 31.9 Å². The largest absolute Gasteiger partial charge is 2.00 e. The Morgan fingerprint density at radius 1 is 0.656 bits per heavy atom. The van der Waals surface area contributed by atoms with Gasteiger partial charge in [0.15, 0.2) is 0 Å². The molecule has 1 aliphatic heterocycles. The van der Waals surface area contributed by atoms with Crippen molar-refractivity contribution in [3.8, 4) is 39.6 Å². The number of ether oxygens (including phenoxy) is 1. The molecule has 0 N–H and O–H groups in total. The molecule has 0 radical (unpaired) electrons. The van der Waals surface area contributed by atoms with Crippen LogP contribution in [0.25, 0.3) is 50.0 Å². The van der Waals surface area contributed by atoms with Gasteiger partial charge >= 0.3 is 27.1 Å². The molecule has 7 heteroatoms.